The maximum atomic E-state index is 6.47. The van der Waals surface area contributed by atoms with Crippen LogP contribution in [0.15, 0.2) is 35.7 Å². The number of hydrogen-bond acceptors (Lipinski definition) is 3. The molecular weight excluding hydrogens is 266 g/mol. The van der Waals surface area contributed by atoms with Crippen molar-refractivity contribution in [3.63, 3.8) is 0 Å². The summed E-state index contributed by atoms with van der Waals surface area (Å²) in [6.07, 6.45) is 5.48. The Kier molecular flexibility index (Phi) is 3.04. The second-order valence-corrected chi connectivity index (χ2v) is 6.76. The summed E-state index contributed by atoms with van der Waals surface area (Å²) in [5.41, 5.74) is 9.47. The van der Waals surface area contributed by atoms with Gasteiger partial charge in [-0.25, -0.2) is 0 Å². The third-order valence-corrected chi connectivity index (χ3v) is 5.70. The van der Waals surface area contributed by atoms with E-state index in [1.54, 1.807) is 0 Å². The predicted octanol–water partition coefficient (Wildman–Crippen LogP) is 4.48. The predicted molar refractivity (Wildman–Crippen MR) is 83.1 cm³/mol. The largest absolute Gasteiger partial charge is 0.398 e. The minimum atomic E-state index is 0.0248. The molecule has 0 radical (unpaired) electrons. The molecule has 3 heteroatoms. The monoisotopic (exact) mass is 285 g/mol. The Morgan fingerprint density at radius 3 is 2.80 bits per heavy atom. The van der Waals surface area contributed by atoms with E-state index in [1.807, 2.05) is 29.5 Å². The zero-order chi connectivity index (χ0) is 13.5. The van der Waals surface area contributed by atoms with Crippen molar-refractivity contribution >= 4 is 17.0 Å². The number of para-hydroxylation sites is 1. The summed E-state index contributed by atoms with van der Waals surface area (Å²) in [5, 5.41) is 2.21. The van der Waals surface area contributed by atoms with Crippen molar-refractivity contribution in [2.24, 2.45) is 0 Å². The van der Waals surface area contributed by atoms with E-state index in [2.05, 4.69) is 17.5 Å². The highest BCUT2D eigenvalue weighted by atomic mass is 32.1. The lowest BCUT2D eigenvalue weighted by atomic mass is 9.80. The Morgan fingerprint density at radius 2 is 1.90 bits per heavy atom. The first-order valence-electron chi connectivity index (χ1n) is 7.42. The number of ether oxygens (including phenoxy) is 1. The number of fused-ring (bicyclic) bond motifs is 3. The van der Waals surface area contributed by atoms with Crippen LogP contribution in [0, 0.1) is 0 Å². The molecule has 3 atom stereocenters. The van der Waals surface area contributed by atoms with E-state index >= 15 is 0 Å². The average molecular weight is 285 g/mol. The normalized spacial score (nSPS) is 28.7. The highest BCUT2D eigenvalue weighted by molar-refractivity contribution is 7.10. The molecular formula is C17H19NOS. The number of hydrogen-bond donors (Lipinski definition) is 1. The summed E-state index contributed by atoms with van der Waals surface area (Å²) in [6, 6.07) is 10.3. The highest BCUT2D eigenvalue weighted by Gasteiger charge is 2.38. The lowest BCUT2D eigenvalue weighted by Gasteiger charge is -2.39. The molecule has 2 aromatic rings. The molecule has 0 unspecified atom stereocenters. The van der Waals surface area contributed by atoms with Crippen molar-refractivity contribution in [3.8, 4) is 0 Å². The molecule has 2 nitrogen and oxygen atoms in total. The van der Waals surface area contributed by atoms with Gasteiger partial charge in [0, 0.05) is 22.0 Å². The van der Waals surface area contributed by atoms with E-state index in [-0.39, 0.29) is 6.10 Å². The molecule has 2 aliphatic rings. The van der Waals surface area contributed by atoms with Gasteiger partial charge in [-0.15, -0.1) is 11.3 Å². The van der Waals surface area contributed by atoms with Crippen LogP contribution in [0.25, 0.3) is 0 Å². The molecule has 4 rings (SSSR count). The van der Waals surface area contributed by atoms with Crippen LogP contribution in [0.1, 0.15) is 53.7 Å². The van der Waals surface area contributed by atoms with E-state index in [4.69, 9.17) is 10.5 Å². The smallest absolute Gasteiger partial charge is 0.111 e. The zero-order valence-corrected chi connectivity index (χ0v) is 12.2. The van der Waals surface area contributed by atoms with Crippen molar-refractivity contribution in [3.05, 3.63) is 51.7 Å². The van der Waals surface area contributed by atoms with Crippen LogP contribution in [0.3, 0.4) is 0 Å². The first-order valence-corrected chi connectivity index (χ1v) is 8.29. The zero-order valence-electron chi connectivity index (χ0n) is 11.4. The summed E-state index contributed by atoms with van der Waals surface area (Å²) in [7, 11) is 0. The summed E-state index contributed by atoms with van der Waals surface area (Å²) in [6.45, 7) is 0. The van der Waals surface area contributed by atoms with E-state index in [0.29, 0.717) is 12.0 Å². The van der Waals surface area contributed by atoms with E-state index in [9.17, 15) is 0 Å². The quantitative estimate of drug-likeness (QED) is 0.784. The minimum Gasteiger partial charge on any atom is -0.398 e. The van der Waals surface area contributed by atoms with Crippen molar-refractivity contribution < 1.29 is 4.74 Å². The van der Waals surface area contributed by atoms with Crippen molar-refractivity contribution in [1.82, 2.24) is 0 Å². The van der Waals surface area contributed by atoms with Crippen LogP contribution in [-0.4, -0.2) is 6.10 Å². The fraction of sp³-hybridized carbons (Fsp3) is 0.412. The summed E-state index contributed by atoms with van der Waals surface area (Å²) in [4.78, 5) is 1.54. The number of anilines is 1. The molecule has 1 saturated carbocycles. The second-order valence-electron chi connectivity index (χ2n) is 5.81. The minimum absolute atomic E-state index is 0.0248. The lowest BCUT2D eigenvalue weighted by molar-refractivity contribution is -0.0371. The average Bonchev–Trinajstić information content (AvgIpc) is 2.97. The Labute approximate surface area is 123 Å². The summed E-state index contributed by atoms with van der Waals surface area (Å²) < 4.78 is 6.47. The van der Waals surface area contributed by atoms with Crippen LogP contribution >= 0.6 is 11.3 Å². The van der Waals surface area contributed by atoms with Gasteiger partial charge in [-0.05, 0) is 35.9 Å². The molecule has 104 valence electrons. The maximum Gasteiger partial charge on any atom is 0.111 e. The summed E-state index contributed by atoms with van der Waals surface area (Å²) in [5.74, 6) is 0.611. The molecule has 2 heterocycles. The fourth-order valence-electron chi connectivity index (χ4n) is 3.65. The topological polar surface area (TPSA) is 35.2 Å². The van der Waals surface area contributed by atoms with Gasteiger partial charge in [0.25, 0.3) is 0 Å². The third kappa shape index (κ3) is 1.88. The Balaban J connectivity index is 1.80. The molecule has 0 spiro atoms. The fourth-order valence-corrected chi connectivity index (χ4v) is 4.76. The van der Waals surface area contributed by atoms with E-state index in [1.165, 1.54) is 36.1 Å². The maximum absolute atomic E-state index is 6.47. The van der Waals surface area contributed by atoms with Crippen LogP contribution < -0.4 is 5.73 Å². The van der Waals surface area contributed by atoms with Crippen LogP contribution in [0.4, 0.5) is 5.69 Å². The number of benzene rings is 1. The van der Waals surface area contributed by atoms with Gasteiger partial charge in [0.2, 0.25) is 0 Å². The molecule has 0 bridgehead atoms. The van der Waals surface area contributed by atoms with Crippen LogP contribution in [0.5, 0.6) is 0 Å². The number of thiophene rings is 1. The number of nitrogens with two attached hydrogens (primary N) is 1. The Bertz CT molecular complexity index is 621. The number of rotatable bonds is 1. The Hall–Kier alpha value is -1.32. The number of nitrogen functional groups attached to an aromatic ring is 1. The molecule has 1 aliphatic carbocycles. The molecule has 1 fully saturated rings. The van der Waals surface area contributed by atoms with Gasteiger partial charge in [0.05, 0.1) is 6.10 Å². The molecule has 0 amide bonds. The summed E-state index contributed by atoms with van der Waals surface area (Å²) >= 11 is 1.89. The van der Waals surface area contributed by atoms with E-state index < -0.39 is 0 Å². The third-order valence-electron chi connectivity index (χ3n) is 4.64. The Morgan fingerprint density at radius 1 is 1.05 bits per heavy atom. The van der Waals surface area contributed by atoms with Gasteiger partial charge in [0.1, 0.15) is 6.10 Å². The molecule has 20 heavy (non-hydrogen) atoms. The first kappa shape index (κ1) is 12.4. The highest BCUT2D eigenvalue weighted by Crippen LogP contribution is 2.49. The van der Waals surface area contributed by atoms with Crippen molar-refractivity contribution in [1.29, 1.82) is 0 Å². The van der Waals surface area contributed by atoms with Gasteiger partial charge in [-0.2, -0.15) is 0 Å². The van der Waals surface area contributed by atoms with Gasteiger partial charge < -0.3 is 10.5 Å². The van der Waals surface area contributed by atoms with Gasteiger partial charge >= 0.3 is 0 Å². The van der Waals surface area contributed by atoms with E-state index in [0.717, 1.165) is 11.3 Å². The van der Waals surface area contributed by atoms with Crippen molar-refractivity contribution in [2.75, 3.05) is 5.73 Å². The van der Waals surface area contributed by atoms with Gasteiger partial charge in [-0.3, -0.25) is 0 Å². The molecule has 1 aromatic heterocycles. The standard InChI is InChI=1S/C17H19NOS/c18-14-7-3-1-5-11(14)16-13-9-10-20-17(13)12-6-2-4-8-15(12)19-16/h1,3,5,7,9-10,12,15-16H,2,4,6,8,18H2/t12-,15-,16+/m1/s1. The molecule has 1 aromatic carbocycles. The SMILES string of the molecule is Nc1ccccc1[C@@H]1O[C@@H]2CCCC[C@H]2c2sccc21. The van der Waals surface area contributed by atoms with Crippen LogP contribution in [-0.2, 0) is 4.74 Å². The second kappa shape index (κ2) is 4.90. The molecule has 0 saturated heterocycles. The van der Waals surface area contributed by atoms with Crippen LogP contribution in [0.2, 0.25) is 0 Å². The van der Waals surface area contributed by atoms with Crippen molar-refractivity contribution in [2.45, 2.75) is 43.8 Å². The van der Waals surface area contributed by atoms with Gasteiger partial charge in [0.15, 0.2) is 0 Å². The molecule has 2 N–H and O–H groups in total. The first-order chi connectivity index (χ1) is 9.84. The lowest BCUT2D eigenvalue weighted by Crippen LogP contribution is -2.32. The molecule has 1 aliphatic heterocycles. The van der Waals surface area contributed by atoms with Gasteiger partial charge in [-0.1, -0.05) is 31.0 Å².